The fourth-order valence-corrected chi connectivity index (χ4v) is 1.96. The Morgan fingerprint density at radius 3 is 2.90 bits per heavy atom. The molecule has 0 aliphatic heterocycles. The summed E-state index contributed by atoms with van der Waals surface area (Å²) in [7, 11) is 0. The van der Waals surface area contributed by atoms with Crippen molar-refractivity contribution in [2.75, 3.05) is 6.61 Å². The highest BCUT2D eigenvalue weighted by molar-refractivity contribution is 9.10. The number of halogens is 2. The molecule has 110 valence electrons. The highest BCUT2D eigenvalue weighted by Gasteiger charge is 2.08. The first-order chi connectivity index (χ1) is 10.1. The summed E-state index contributed by atoms with van der Waals surface area (Å²) < 4.78 is 19.0. The molecule has 2 aromatic rings. The van der Waals surface area contributed by atoms with Crippen LogP contribution in [-0.2, 0) is 6.54 Å². The maximum atomic E-state index is 13.4. The first-order valence-electron chi connectivity index (χ1n) is 6.41. The molecule has 21 heavy (non-hydrogen) atoms. The third kappa shape index (κ3) is 4.26. The van der Waals surface area contributed by atoms with Gasteiger partial charge in [0.25, 0.3) is 5.91 Å². The van der Waals surface area contributed by atoms with E-state index in [9.17, 15) is 9.18 Å². The zero-order valence-electron chi connectivity index (χ0n) is 11.4. The molecule has 0 unspecified atom stereocenters. The van der Waals surface area contributed by atoms with Crippen molar-refractivity contribution in [2.45, 2.75) is 13.5 Å². The number of ether oxygens (including phenoxy) is 1. The van der Waals surface area contributed by atoms with Crippen molar-refractivity contribution in [3.8, 4) is 5.88 Å². The predicted octanol–water partition coefficient (Wildman–Crippen LogP) is 3.31. The summed E-state index contributed by atoms with van der Waals surface area (Å²) in [4.78, 5) is 16.0. The highest BCUT2D eigenvalue weighted by Crippen LogP contribution is 2.16. The van der Waals surface area contributed by atoms with Gasteiger partial charge in [0.15, 0.2) is 0 Å². The van der Waals surface area contributed by atoms with Gasteiger partial charge < -0.3 is 10.1 Å². The predicted molar refractivity (Wildman–Crippen MR) is 80.7 cm³/mol. The van der Waals surface area contributed by atoms with Crippen LogP contribution in [0.3, 0.4) is 0 Å². The first kappa shape index (κ1) is 15.4. The molecule has 1 aromatic heterocycles. The number of rotatable bonds is 5. The second kappa shape index (κ2) is 7.17. The number of hydrogen-bond acceptors (Lipinski definition) is 3. The van der Waals surface area contributed by atoms with Gasteiger partial charge in [0, 0.05) is 24.4 Å². The van der Waals surface area contributed by atoms with Crippen molar-refractivity contribution in [3.05, 3.63) is 57.9 Å². The molecule has 0 aliphatic carbocycles. The Labute approximate surface area is 130 Å². The lowest BCUT2D eigenvalue weighted by Gasteiger charge is -2.07. The second-order valence-corrected chi connectivity index (χ2v) is 5.10. The van der Waals surface area contributed by atoms with Gasteiger partial charge in [-0.2, -0.15) is 0 Å². The quantitative estimate of drug-likeness (QED) is 0.897. The summed E-state index contributed by atoms with van der Waals surface area (Å²) in [6.45, 7) is 2.57. The maximum Gasteiger partial charge on any atom is 0.251 e. The average molecular weight is 353 g/mol. The fraction of sp³-hybridized carbons (Fsp3) is 0.200. The monoisotopic (exact) mass is 352 g/mol. The number of hydrogen-bond donors (Lipinski definition) is 1. The molecule has 0 radical (unpaired) electrons. The average Bonchev–Trinajstić information content (AvgIpc) is 2.49. The Balaban J connectivity index is 2.01. The molecule has 1 heterocycles. The van der Waals surface area contributed by atoms with Crippen molar-refractivity contribution in [1.29, 1.82) is 0 Å². The van der Waals surface area contributed by atoms with Crippen molar-refractivity contribution < 1.29 is 13.9 Å². The summed E-state index contributed by atoms with van der Waals surface area (Å²) in [5.41, 5.74) is 1.13. The van der Waals surface area contributed by atoms with E-state index < -0.39 is 0 Å². The molecule has 0 atom stereocenters. The normalized spacial score (nSPS) is 10.2. The Bertz CT molecular complexity index is 649. The Kier molecular flexibility index (Phi) is 5.27. The Morgan fingerprint density at radius 2 is 2.19 bits per heavy atom. The van der Waals surface area contributed by atoms with Crippen LogP contribution in [0.5, 0.6) is 5.88 Å². The lowest BCUT2D eigenvalue weighted by molar-refractivity contribution is 0.0950. The van der Waals surface area contributed by atoms with E-state index in [1.807, 2.05) is 6.92 Å². The molecule has 6 heteroatoms. The van der Waals surface area contributed by atoms with Gasteiger partial charge in [0.05, 0.1) is 11.1 Å². The molecular formula is C15H14BrFN2O2. The molecular weight excluding hydrogens is 339 g/mol. The Hall–Kier alpha value is -1.95. The van der Waals surface area contributed by atoms with Gasteiger partial charge in [-0.25, -0.2) is 9.37 Å². The van der Waals surface area contributed by atoms with Gasteiger partial charge in [-0.05, 0) is 46.6 Å². The van der Waals surface area contributed by atoms with Crippen LogP contribution in [0.15, 0.2) is 41.0 Å². The SMILES string of the molecule is CCOc1cc(C(=O)NCc2ccc(Br)c(F)c2)ccn1. The number of pyridine rings is 1. The number of aromatic nitrogens is 1. The Morgan fingerprint density at radius 1 is 1.38 bits per heavy atom. The zero-order chi connectivity index (χ0) is 15.2. The minimum Gasteiger partial charge on any atom is -0.478 e. The highest BCUT2D eigenvalue weighted by atomic mass is 79.9. The molecule has 0 fully saturated rings. The van der Waals surface area contributed by atoms with Crippen LogP contribution in [0.25, 0.3) is 0 Å². The van der Waals surface area contributed by atoms with E-state index in [1.54, 1.807) is 24.3 Å². The third-order valence-corrected chi connectivity index (χ3v) is 3.37. The van der Waals surface area contributed by atoms with Crippen LogP contribution >= 0.6 is 15.9 Å². The number of carbonyl (C=O) groups excluding carboxylic acids is 1. The first-order valence-corrected chi connectivity index (χ1v) is 7.20. The molecule has 1 amide bonds. The molecule has 1 aromatic carbocycles. The number of nitrogens with zero attached hydrogens (tertiary/aromatic N) is 1. The van der Waals surface area contributed by atoms with Crippen molar-refractivity contribution in [3.63, 3.8) is 0 Å². The molecule has 1 N–H and O–H groups in total. The van der Waals surface area contributed by atoms with Crippen LogP contribution in [-0.4, -0.2) is 17.5 Å². The van der Waals surface area contributed by atoms with Crippen molar-refractivity contribution >= 4 is 21.8 Å². The summed E-state index contributed by atoms with van der Waals surface area (Å²) in [5, 5.41) is 2.73. The van der Waals surface area contributed by atoms with E-state index in [0.717, 1.165) is 0 Å². The van der Waals surface area contributed by atoms with Gasteiger partial charge in [0.2, 0.25) is 5.88 Å². The summed E-state index contributed by atoms with van der Waals surface area (Å²) in [6, 6.07) is 7.89. The van der Waals surface area contributed by atoms with Crippen LogP contribution in [0.1, 0.15) is 22.8 Å². The fourth-order valence-electron chi connectivity index (χ4n) is 1.71. The number of carbonyl (C=O) groups is 1. The molecule has 0 aliphatic rings. The maximum absolute atomic E-state index is 13.4. The second-order valence-electron chi connectivity index (χ2n) is 4.25. The topological polar surface area (TPSA) is 51.2 Å². The lowest BCUT2D eigenvalue weighted by atomic mass is 10.2. The number of nitrogens with one attached hydrogen (secondary N) is 1. The lowest BCUT2D eigenvalue weighted by Crippen LogP contribution is -2.23. The van der Waals surface area contributed by atoms with Crippen molar-refractivity contribution in [1.82, 2.24) is 10.3 Å². The van der Waals surface area contributed by atoms with E-state index in [4.69, 9.17) is 4.74 Å². The molecule has 0 saturated heterocycles. The number of amides is 1. The third-order valence-electron chi connectivity index (χ3n) is 2.73. The van der Waals surface area contributed by atoms with Crippen LogP contribution in [0.4, 0.5) is 4.39 Å². The van der Waals surface area contributed by atoms with Crippen molar-refractivity contribution in [2.24, 2.45) is 0 Å². The minimum atomic E-state index is -0.357. The van der Waals surface area contributed by atoms with Gasteiger partial charge in [-0.1, -0.05) is 6.07 Å². The molecule has 2 rings (SSSR count). The summed E-state index contributed by atoms with van der Waals surface area (Å²) in [6.07, 6.45) is 1.51. The molecule has 0 spiro atoms. The standard InChI is InChI=1S/C15H14BrFN2O2/c1-2-21-14-8-11(5-6-18-14)15(20)19-9-10-3-4-12(16)13(17)7-10/h3-8H,2,9H2,1H3,(H,19,20). The molecule has 0 bridgehead atoms. The van der Waals surface area contributed by atoms with E-state index in [2.05, 4.69) is 26.2 Å². The van der Waals surface area contributed by atoms with E-state index in [1.165, 1.54) is 12.3 Å². The summed E-state index contributed by atoms with van der Waals surface area (Å²) in [5.74, 6) is -0.217. The largest absolute Gasteiger partial charge is 0.478 e. The van der Waals surface area contributed by atoms with Gasteiger partial charge in [0.1, 0.15) is 5.82 Å². The van der Waals surface area contributed by atoms with Gasteiger partial charge >= 0.3 is 0 Å². The minimum absolute atomic E-state index is 0.245. The van der Waals surface area contributed by atoms with Gasteiger partial charge in [-0.15, -0.1) is 0 Å². The zero-order valence-corrected chi connectivity index (χ0v) is 13.0. The summed E-state index contributed by atoms with van der Waals surface area (Å²) >= 11 is 3.09. The van der Waals surface area contributed by atoms with E-state index >= 15 is 0 Å². The van der Waals surface area contributed by atoms with Crippen LogP contribution < -0.4 is 10.1 Å². The van der Waals surface area contributed by atoms with E-state index in [0.29, 0.717) is 28.1 Å². The molecule has 4 nitrogen and oxygen atoms in total. The molecule has 0 saturated carbocycles. The van der Waals surface area contributed by atoms with E-state index in [-0.39, 0.29) is 18.3 Å². The van der Waals surface area contributed by atoms with Crippen LogP contribution in [0, 0.1) is 5.82 Å². The smallest absolute Gasteiger partial charge is 0.251 e. The van der Waals surface area contributed by atoms with Gasteiger partial charge in [-0.3, -0.25) is 4.79 Å². The number of benzene rings is 1. The van der Waals surface area contributed by atoms with Crippen LogP contribution in [0.2, 0.25) is 0 Å².